The second-order valence-corrected chi connectivity index (χ2v) is 10.9. The van der Waals surface area contributed by atoms with E-state index in [1.165, 1.54) is 0 Å². The number of rotatable bonds is 8. The van der Waals surface area contributed by atoms with Crippen molar-refractivity contribution in [3.63, 3.8) is 0 Å². The van der Waals surface area contributed by atoms with E-state index in [1.54, 1.807) is 13.4 Å². The van der Waals surface area contributed by atoms with Gasteiger partial charge in [-0.15, -0.1) is 0 Å². The fourth-order valence-corrected chi connectivity index (χ4v) is 5.99. The first-order valence-electron chi connectivity index (χ1n) is 8.92. The van der Waals surface area contributed by atoms with Gasteiger partial charge in [0.05, 0.1) is 19.0 Å². The molecule has 2 heterocycles. The smallest absolute Gasteiger partial charge is 0.371 e. The summed E-state index contributed by atoms with van der Waals surface area (Å²) < 4.78 is 34.7. The average molecular weight is 575 g/mol. The van der Waals surface area contributed by atoms with Gasteiger partial charge >= 0.3 is 15.6 Å². The Hall–Kier alpha value is -0.700. The Morgan fingerprint density at radius 3 is 2.67 bits per heavy atom. The molecule has 2 aromatic heterocycles. The highest BCUT2D eigenvalue weighted by atomic mass is 127. The average Bonchev–Trinajstić information content (AvgIpc) is 3.14. The van der Waals surface area contributed by atoms with Crippen LogP contribution in [-0.4, -0.2) is 58.9 Å². The van der Waals surface area contributed by atoms with E-state index in [0.29, 0.717) is 40.2 Å². The molecule has 0 saturated heterocycles. The van der Waals surface area contributed by atoms with Crippen molar-refractivity contribution < 1.29 is 37.8 Å². The molecule has 0 radical (unpaired) electrons. The van der Waals surface area contributed by atoms with Gasteiger partial charge in [0.25, 0.3) is 0 Å². The molecule has 0 aliphatic heterocycles. The van der Waals surface area contributed by atoms with E-state index in [-0.39, 0.29) is 18.4 Å². The van der Waals surface area contributed by atoms with E-state index in [0.717, 1.165) is 0 Å². The lowest BCUT2D eigenvalue weighted by Gasteiger charge is -2.24. The molecule has 2 fully saturated rings. The molecule has 0 spiro atoms. The summed E-state index contributed by atoms with van der Waals surface area (Å²) in [6.07, 6.45) is 1.55. The van der Waals surface area contributed by atoms with Crippen molar-refractivity contribution in [3.05, 3.63) is 10.2 Å². The number of nitrogens with one attached hydrogen (secondary N) is 1. The molecular formula is C14H20IN5O8P2. The number of imidazole rings is 1. The van der Waals surface area contributed by atoms with Crippen LogP contribution in [0.4, 0.5) is 5.82 Å². The van der Waals surface area contributed by atoms with Crippen LogP contribution < -0.4 is 5.32 Å². The van der Waals surface area contributed by atoms with Crippen LogP contribution >= 0.6 is 38.2 Å². The Morgan fingerprint density at radius 1 is 1.30 bits per heavy atom. The van der Waals surface area contributed by atoms with E-state index in [1.807, 2.05) is 27.2 Å². The summed E-state index contributed by atoms with van der Waals surface area (Å²) in [5.74, 6) is 0.459. The summed E-state index contributed by atoms with van der Waals surface area (Å²) in [6, 6.07) is 0. The standard InChI is InChI=1S/C14H20IN5O8P2/c1-16-11-10-12(19-13(15)18-11)20(6-17-10)4-7-2-9(28-30(24,25)26)14(3-8(7)14)5-27-29(21,22)23/h6-9H,2-5H2,1H3,(H,16,18,19)(H2,21,22,23)(H2,24,25,26)/t7?,8-,9+,14+/m1/s1. The first kappa shape index (κ1) is 22.5. The number of halogens is 1. The van der Waals surface area contributed by atoms with Gasteiger partial charge in [-0.05, 0) is 24.7 Å². The van der Waals surface area contributed by atoms with Gasteiger partial charge in [0.1, 0.15) is 5.52 Å². The van der Waals surface area contributed by atoms with Crippen molar-refractivity contribution in [1.29, 1.82) is 0 Å². The zero-order chi connectivity index (χ0) is 21.9. The minimum absolute atomic E-state index is 0.0648. The minimum atomic E-state index is -4.78. The van der Waals surface area contributed by atoms with Crippen molar-refractivity contribution in [2.24, 2.45) is 17.3 Å². The van der Waals surface area contributed by atoms with Gasteiger partial charge in [-0.2, -0.15) is 0 Å². The fourth-order valence-electron chi connectivity index (χ4n) is 4.49. The summed E-state index contributed by atoms with van der Waals surface area (Å²) in [6.45, 7) is 0.119. The number of hydrogen-bond acceptors (Lipinski definition) is 8. The van der Waals surface area contributed by atoms with E-state index in [2.05, 4.69) is 24.8 Å². The highest BCUT2D eigenvalue weighted by Gasteiger charge is 2.69. The van der Waals surface area contributed by atoms with Crippen molar-refractivity contribution in [2.45, 2.75) is 25.5 Å². The fraction of sp³-hybridized carbons (Fsp3) is 0.643. The molecule has 13 nitrogen and oxygen atoms in total. The highest BCUT2D eigenvalue weighted by Crippen LogP contribution is 2.70. The van der Waals surface area contributed by atoms with Crippen LogP contribution in [0, 0.1) is 21.1 Å². The lowest BCUT2D eigenvalue weighted by Crippen LogP contribution is -2.26. The molecular weight excluding hydrogens is 555 g/mol. The Labute approximate surface area is 184 Å². The van der Waals surface area contributed by atoms with Gasteiger partial charge in [-0.3, -0.25) is 9.05 Å². The molecule has 5 N–H and O–H groups in total. The van der Waals surface area contributed by atoms with Crippen molar-refractivity contribution in [2.75, 3.05) is 19.0 Å². The molecule has 0 bridgehead atoms. The normalized spacial score (nSPS) is 28.7. The lowest BCUT2D eigenvalue weighted by molar-refractivity contribution is 0.0495. The summed E-state index contributed by atoms with van der Waals surface area (Å²) >= 11 is 2.01. The molecule has 1 unspecified atom stereocenters. The minimum Gasteiger partial charge on any atom is -0.371 e. The maximum absolute atomic E-state index is 11.4. The molecule has 2 aliphatic carbocycles. The zero-order valence-electron chi connectivity index (χ0n) is 15.6. The Bertz CT molecular complexity index is 1070. The number of anilines is 1. The van der Waals surface area contributed by atoms with Gasteiger partial charge in [-0.25, -0.2) is 24.1 Å². The third kappa shape index (κ3) is 4.43. The number of phosphoric ester groups is 2. The molecule has 4 rings (SSSR count). The van der Waals surface area contributed by atoms with Crippen LogP contribution in [0.5, 0.6) is 0 Å². The summed E-state index contributed by atoms with van der Waals surface area (Å²) in [4.78, 5) is 49.8. The number of hydrogen-bond donors (Lipinski definition) is 5. The van der Waals surface area contributed by atoms with E-state index < -0.39 is 27.2 Å². The molecule has 4 atom stereocenters. The van der Waals surface area contributed by atoms with E-state index >= 15 is 0 Å². The molecule has 2 saturated carbocycles. The van der Waals surface area contributed by atoms with Crippen molar-refractivity contribution >= 4 is 55.2 Å². The first-order valence-corrected chi connectivity index (χ1v) is 13.1. The van der Waals surface area contributed by atoms with Crippen LogP contribution in [0.25, 0.3) is 11.2 Å². The maximum Gasteiger partial charge on any atom is 0.469 e. The Morgan fingerprint density at radius 2 is 2.03 bits per heavy atom. The second kappa shape index (κ2) is 7.71. The molecule has 30 heavy (non-hydrogen) atoms. The number of aromatic nitrogens is 4. The monoisotopic (exact) mass is 575 g/mol. The first-order chi connectivity index (χ1) is 13.9. The predicted octanol–water partition coefficient (Wildman–Crippen LogP) is 1.09. The van der Waals surface area contributed by atoms with Crippen LogP contribution in [0.2, 0.25) is 0 Å². The Balaban J connectivity index is 1.59. The van der Waals surface area contributed by atoms with Gasteiger partial charge in [0.2, 0.25) is 0 Å². The molecule has 166 valence electrons. The molecule has 0 amide bonds. The van der Waals surface area contributed by atoms with E-state index in [9.17, 15) is 18.9 Å². The molecule has 2 aliphatic rings. The van der Waals surface area contributed by atoms with Gasteiger partial charge in [0, 0.05) is 41.6 Å². The number of nitrogens with zero attached hydrogens (tertiary/aromatic N) is 4. The van der Waals surface area contributed by atoms with E-state index in [4.69, 9.17) is 14.3 Å². The molecule has 16 heteroatoms. The topological polar surface area (TPSA) is 189 Å². The van der Waals surface area contributed by atoms with Crippen LogP contribution in [0.1, 0.15) is 12.8 Å². The SMILES string of the molecule is CNc1nc(I)nc2c1ncn2CC1C[C@H](OP(=O)(O)O)[C@]2(COP(=O)(O)O)C[C@H]12. The zero-order valence-corrected chi connectivity index (χ0v) is 19.6. The van der Waals surface area contributed by atoms with Gasteiger partial charge in [0.15, 0.2) is 15.3 Å². The third-order valence-corrected chi connectivity index (χ3v) is 7.25. The summed E-state index contributed by atoms with van der Waals surface area (Å²) in [5, 5.41) is 2.98. The highest BCUT2D eigenvalue weighted by molar-refractivity contribution is 14.1. The van der Waals surface area contributed by atoms with Gasteiger partial charge < -0.3 is 29.5 Å². The lowest BCUT2D eigenvalue weighted by atomic mass is 10.0. The van der Waals surface area contributed by atoms with Crippen LogP contribution in [0.3, 0.4) is 0 Å². The largest absolute Gasteiger partial charge is 0.469 e. The predicted molar refractivity (Wildman–Crippen MR) is 111 cm³/mol. The summed E-state index contributed by atoms with van der Waals surface area (Å²) in [7, 11) is -7.78. The van der Waals surface area contributed by atoms with Crippen LogP contribution in [0.15, 0.2) is 6.33 Å². The van der Waals surface area contributed by atoms with Crippen molar-refractivity contribution in [3.8, 4) is 0 Å². The van der Waals surface area contributed by atoms with Crippen molar-refractivity contribution in [1.82, 2.24) is 19.5 Å². The quantitative estimate of drug-likeness (QED) is 0.172. The molecule has 0 aromatic carbocycles. The Kier molecular flexibility index (Phi) is 5.78. The third-order valence-electron chi connectivity index (χ3n) is 5.78. The number of fused-ring (bicyclic) bond motifs is 2. The second-order valence-electron chi connectivity index (χ2n) is 7.55. The molecule has 2 aromatic rings. The maximum atomic E-state index is 11.4. The van der Waals surface area contributed by atoms with Crippen LogP contribution in [-0.2, 0) is 24.7 Å². The van der Waals surface area contributed by atoms with Gasteiger partial charge in [-0.1, -0.05) is 0 Å². The number of phosphoric acid groups is 2. The summed E-state index contributed by atoms with van der Waals surface area (Å²) in [5.41, 5.74) is 0.379.